The van der Waals surface area contributed by atoms with Crippen molar-refractivity contribution in [2.75, 3.05) is 25.1 Å². The summed E-state index contributed by atoms with van der Waals surface area (Å²) in [5, 5.41) is 3.75. The Morgan fingerprint density at radius 2 is 1.68 bits per heavy atom. The first kappa shape index (κ1) is 25.4. The summed E-state index contributed by atoms with van der Waals surface area (Å²) in [7, 11) is -7.12. The minimum Gasteiger partial charge on any atom is -0.352 e. The van der Waals surface area contributed by atoms with Crippen LogP contribution in [-0.4, -0.2) is 86.8 Å². The van der Waals surface area contributed by atoms with E-state index in [0.717, 1.165) is 6.26 Å². The van der Waals surface area contributed by atoms with E-state index in [1.54, 1.807) is 20.8 Å². The second-order valence-corrected chi connectivity index (χ2v) is 14.3. The van der Waals surface area contributed by atoms with Crippen LogP contribution in [0.25, 0.3) is 0 Å². The second-order valence-electron chi connectivity index (χ2n) is 9.51. The largest absolute Gasteiger partial charge is 0.352 e. The van der Waals surface area contributed by atoms with Gasteiger partial charge in [0.1, 0.15) is 11.3 Å². The third kappa shape index (κ3) is 4.97. The maximum Gasteiger partial charge on any atom is 0.312 e. The monoisotopic (exact) mass is 480 g/mol. The molecule has 178 valence electrons. The molecule has 0 aromatic carbocycles. The molecule has 2 aliphatic heterocycles. The van der Waals surface area contributed by atoms with Crippen LogP contribution in [0.1, 0.15) is 40.5 Å². The fraction of sp³-hybridized carbons (Fsp3) is 0.833. The molecular formula is C18H32N4O7S2. The zero-order valence-electron chi connectivity index (χ0n) is 18.5. The molecule has 0 bridgehead atoms. The van der Waals surface area contributed by atoms with E-state index in [1.165, 1.54) is 11.8 Å². The van der Waals surface area contributed by atoms with E-state index in [2.05, 4.69) is 10.6 Å². The molecule has 0 radical (unpaired) electrons. The van der Waals surface area contributed by atoms with E-state index in [4.69, 9.17) is 5.73 Å². The van der Waals surface area contributed by atoms with Crippen LogP contribution in [-0.2, 0) is 29.3 Å². The van der Waals surface area contributed by atoms with Crippen molar-refractivity contribution in [2.24, 2.45) is 11.1 Å². The lowest BCUT2D eigenvalue weighted by Crippen LogP contribution is -2.73. The molecule has 2 aliphatic rings. The molecule has 3 unspecified atom stereocenters. The van der Waals surface area contributed by atoms with Crippen molar-refractivity contribution in [3.63, 3.8) is 0 Å². The van der Waals surface area contributed by atoms with Gasteiger partial charge in [-0.25, -0.2) is 21.6 Å². The first-order valence-corrected chi connectivity index (χ1v) is 13.6. The Morgan fingerprint density at radius 3 is 2.06 bits per heavy atom. The van der Waals surface area contributed by atoms with Gasteiger partial charge in [0.2, 0.25) is 11.8 Å². The standard InChI is InChI=1S/C18H32N4O7S2/c1-11(30(5,26)27)14(23)20-12-10-31(28,29)18(12)6-8-22(9-7-18)15(24)13(17(2,3)4)21-16(19)25/h11-13H,6-10H2,1-5H3,(H,20,23)(H3,19,21,25). The van der Waals surface area contributed by atoms with Gasteiger partial charge in [-0.05, 0) is 25.2 Å². The number of nitrogens with two attached hydrogens (primary N) is 1. The Balaban J connectivity index is 2.14. The van der Waals surface area contributed by atoms with Crippen LogP contribution in [0.3, 0.4) is 0 Å². The average molecular weight is 481 g/mol. The Morgan fingerprint density at radius 1 is 1.16 bits per heavy atom. The van der Waals surface area contributed by atoms with E-state index in [-0.39, 0.29) is 37.6 Å². The number of hydrogen-bond donors (Lipinski definition) is 3. The number of primary amides is 1. The van der Waals surface area contributed by atoms with E-state index < -0.39 is 59.1 Å². The second kappa shape index (κ2) is 8.23. The normalized spacial score (nSPS) is 24.5. The van der Waals surface area contributed by atoms with E-state index in [1.807, 2.05) is 0 Å². The maximum absolute atomic E-state index is 13.0. The van der Waals surface area contributed by atoms with Gasteiger partial charge in [-0.2, -0.15) is 0 Å². The molecule has 2 rings (SSSR count). The summed E-state index contributed by atoms with van der Waals surface area (Å²) >= 11 is 0. The van der Waals surface area contributed by atoms with Crippen molar-refractivity contribution in [3.05, 3.63) is 0 Å². The smallest absolute Gasteiger partial charge is 0.312 e. The molecule has 4 N–H and O–H groups in total. The van der Waals surface area contributed by atoms with Gasteiger partial charge < -0.3 is 21.3 Å². The summed E-state index contributed by atoms with van der Waals surface area (Å²) in [6.07, 6.45) is 1.15. The lowest BCUT2D eigenvalue weighted by atomic mass is 9.84. The molecule has 2 saturated heterocycles. The highest BCUT2D eigenvalue weighted by Crippen LogP contribution is 2.43. The summed E-state index contributed by atoms with van der Waals surface area (Å²) in [6.45, 7) is 6.84. The highest BCUT2D eigenvalue weighted by Gasteiger charge is 2.62. The maximum atomic E-state index is 13.0. The zero-order valence-corrected chi connectivity index (χ0v) is 20.1. The van der Waals surface area contributed by atoms with Gasteiger partial charge in [-0.3, -0.25) is 9.59 Å². The predicted octanol–water partition coefficient (Wildman–Crippen LogP) is -1.22. The minimum atomic E-state index is -3.62. The van der Waals surface area contributed by atoms with E-state index in [0.29, 0.717) is 0 Å². The SMILES string of the molecule is CC(C(=O)NC1CS(=O)(=O)C12CCN(C(=O)C(NC(N)=O)C(C)(C)C)CC2)S(C)(=O)=O. The molecular weight excluding hydrogens is 448 g/mol. The molecule has 1 spiro atoms. The molecule has 0 saturated carbocycles. The first-order chi connectivity index (χ1) is 13.9. The van der Waals surface area contributed by atoms with E-state index >= 15 is 0 Å². The van der Waals surface area contributed by atoms with Crippen molar-refractivity contribution in [1.82, 2.24) is 15.5 Å². The number of nitrogens with zero attached hydrogens (tertiary/aromatic N) is 1. The summed E-state index contributed by atoms with van der Waals surface area (Å²) < 4.78 is 47.3. The molecule has 31 heavy (non-hydrogen) atoms. The number of piperidine rings is 1. The summed E-state index contributed by atoms with van der Waals surface area (Å²) in [5.74, 6) is -1.36. The third-order valence-corrected chi connectivity index (χ3v) is 10.5. The predicted molar refractivity (Wildman–Crippen MR) is 115 cm³/mol. The number of carbonyl (C=O) groups excluding carboxylic acids is 3. The Hall–Kier alpha value is -1.89. The van der Waals surface area contributed by atoms with Gasteiger partial charge in [0.25, 0.3) is 0 Å². The van der Waals surface area contributed by atoms with Crippen LogP contribution in [0.15, 0.2) is 0 Å². The summed E-state index contributed by atoms with van der Waals surface area (Å²) in [5.41, 5.74) is 4.59. The molecule has 2 heterocycles. The number of amides is 4. The highest BCUT2D eigenvalue weighted by atomic mass is 32.2. The van der Waals surface area contributed by atoms with Gasteiger partial charge in [0, 0.05) is 19.3 Å². The van der Waals surface area contributed by atoms with Gasteiger partial charge in [0.15, 0.2) is 19.7 Å². The van der Waals surface area contributed by atoms with Crippen molar-refractivity contribution < 1.29 is 31.2 Å². The number of hydrogen-bond acceptors (Lipinski definition) is 7. The fourth-order valence-corrected chi connectivity index (χ4v) is 6.76. The molecule has 2 fully saturated rings. The van der Waals surface area contributed by atoms with E-state index in [9.17, 15) is 31.2 Å². The number of urea groups is 1. The molecule has 13 heteroatoms. The molecule has 4 amide bonds. The van der Waals surface area contributed by atoms with Gasteiger partial charge >= 0.3 is 6.03 Å². The van der Waals surface area contributed by atoms with Crippen LogP contribution >= 0.6 is 0 Å². The summed E-state index contributed by atoms with van der Waals surface area (Å²) in [4.78, 5) is 38.1. The van der Waals surface area contributed by atoms with Crippen molar-refractivity contribution >= 4 is 37.5 Å². The minimum absolute atomic E-state index is 0.104. The van der Waals surface area contributed by atoms with Crippen LogP contribution in [0.2, 0.25) is 0 Å². The van der Waals surface area contributed by atoms with Crippen molar-refractivity contribution in [1.29, 1.82) is 0 Å². The van der Waals surface area contributed by atoms with Crippen LogP contribution in [0, 0.1) is 5.41 Å². The highest BCUT2D eigenvalue weighted by molar-refractivity contribution is 7.94. The third-order valence-electron chi connectivity index (χ3n) is 6.29. The molecule has 3 atom stereocenters. The van der Waals surface area contributed by atoms with Crippen molar-refractivity contribution in [2.45, 2.75) is 62.6 Å². The first-order valence-electron chi connectivity index (χ1n) is 9.99. The number of carbonyl (C=O) groups is 3. The number of sulfone groups is 2. The van der Waals surface area contributed by atoms with Crippen molar-refractivity contribution in [3.8, 4) is 0 Å². The Bertz CT molecular complexity index is 961. The fourth-order valence-electron chi connectivity index (χ4n) is 4.05. The lowest BCUT2D eigenvalue weighted by molar-refractivity contribution is -0.137. The van der Waals surface area contributed by atoms with Gasteiger partial charge in [-0.1, -0.05) is 20.8 Å². The number of rotatable bonds is 5. The lowest BCUT2D eigenvalue weighted by Gasteiger charge is -2.53. The van der Waals surface area contributed by atoms with Crippen LogP contribution < -0.4 is 16.4 Å². The topological polar surface area (TPSA) is 173 Å². The molecule has 0 aliphatic carbocycles. The van der Waals surface area contributed by atoms with Gasteiger partial charge in [-0.15, -0.1) is 0 Å². The molecule has 0 aromatic rings. The molecule has 0 aromatic heterocycles. The Labute approximate surface area is 183 Å². The Kier molecular flexibility index (Phi) is 6.73. The number of likely N-dealkylation sites (tertiary alicyclic amines) is 1. The van der Waals surface area contributed by atoms with Crippen LogP contribution in [0.4, 0.5) is 4.79 Å². The quantitative estimate of drug-likeness (QED) is 0.442. The number of nitrogens with one attached hydrogen (secondary N) is 2. The van der Waals surface area contributed by atoms with Crippen LogP contribution in [0.5, 0.6) is 0 Å². The molecule has 11 nitrogen and oxygen atoms in total. The summed E-state index contributed by atoms with van der Waals surface area (Å²) in [6, 6.07) is -2.41. The van der Waals surface area contributed by atoms with Gasteiger partial charge in [0.05, 0.1) is 16.5 Å². The zero-order chi connectivity index (χ0) is 24.0. The average Bonchev–Trinajstić information content (AvgIpc) is 2.62.